The van der Waals surface area contributed by atoms with E-state index in [1.54, 1.807) is 0 Å². The molecule has 0 amide bonds. The van der Waals surface area contributed by atoms with Gasteiger partial charge in [-0.15, -0.1) is 0 Å². The fourth-order valence-electron chi connectivity index (χ4n) is 2.50. The third-order valence-corrected chi connectivity index (χ3v) is 3.23. The minimum absolute atomic E-state index is 0.155. The quantitative estimate of drug-likeness (QED) is 0.687. The van der Waals surface area contributed by atoms with Gasteiger partial charge in [-0.2, -0.15) is 0 Å². The number of nitrogens with one attached hydrogen (secondary N) is 1. The zero-order valence-electron chi connectivity index (χ0n) is 8.35. The molecule has 1 aromatic carbocycles. The average molecular weight is 203 g/mol. The van der Waals surface area contributed by atoms with Gasteiger partial charge in [0, 0.05) is 6.42 Å². The highest BCUT2D eigenvalue weighted by atomic mass is 16.5. The molecule has 0 aromatic heterocycles. The Balaban J connectivity index is 1.92. The van der Waals surface area contributed by atoms with Crippen LogP contribution in [0.4, 0.5) is 0 Å². The fraction of sp³-hybridized carbons (Fsp3) is 0.417. The lowest BCUT2D eigenvalue weighted by atomic mass is 10.1. The molecule has 3 heteroatoms. The number of hydrogen-bond donors (Lipinski definition) is 1. The number of carbonyl (C=O) groups is 1. The van der Waals surface area contributed by atoms with E-state index in [0.29, 0.717) is 6.61 Å². The van der Waals surface area contributed by atoms with E-state index < -0.39 is 0 Å². The Hall–Kier alpha value is -1.19. The van der Waals surface area contributed by atoms with E-state index in [9.17, 15) is 4.79 Å². The summed E-state index contributed by atoms with van der Waals surface area (Å²) < 4.78 is 5.69. The Morgan fingerprint density at radius 2 is 2.27 bits per heavy atom. The Morgan fingerprint density at radius 1 is 1.40 bits per heavy atom. The summed E-state index contributed by atoms with van der Waals surface area (Å²) >= 11 is 0. The van der Waals surface area contributed by atoms with E-state index in [0.717, 1.165) is 12.7 Å². The van der Waals surface area contributed by atoms with Crippen molar-refractivity contribution in [1.82, 2.24) is 5.32 Å². The van der Waals surface area contributed by atoms with Crippen molar-refractivity contribution < 1.29 is 9.53 Å². The molecule has 1 N–H and O–H groups in total. The van der Waals surface area contributed by atoms with Crippen molar-refractivity contribution in [3.8, 4) is 0 Å². The molecule has 1 fully saturated rings. The molecule has 1 aliphatic carbocycles. The maximum Gasteiger partial charge on any atom is 0.139 e. The first-order valence-electron chi connectivity index (χ1n) is 5.29. The SMILES string of the molecule is O=CC1CO[C@H]2Cc3ccccc3[C@H]2N1. The second-order valence-corrected chi connectivity index (χ2v) is 4.16. The van der Waals surface area contributed by atoms with E-state index in [2.05, 4.69) is 17.4 Å². The summed E-state index contributed by atoms with van der Waals surface area (Å²) in [6.07, 6.45) is 2.09. The number of hydrogen-bond acceptors (Lipinski definition) is 3. The molecule has 2 aliphatic rings. The molecule has 0 bridgehead atoms. The van der Waals surface area contributed by atoms with E-state index in [4.69, 9.17) is 4.74 Å². The van der Waals surface area contributed by atoms with Crippen LogP contribution in [0, 0.1) is 0 Å². The molecule has 1 aromatic rings. The number of carbonyl (C=O) groups excluding carboxylic acids is 1. The number of ether oxygens (including phenoxy) is 1. The van der Waals surface area contributed by atoms with Crippen molar-refractivity contribution in [1.29, 1.82) is 0 Å². The van der Waals surface area contributed by atoms with Gasteiger partial charge in [-0.25, -0.2) is 0 Å². The Labute approximate surface area is 88.4 Å². The first-order valence-corrected chi connectivity index (χ1v) is 5.29. The van der Waals surface area contributed by atoms with E-state index in [1.165, 1.54) is 11.1 Å². The van der Waals surface area contributed by atoms with Crippen LogP contribution in [0.25, 0.3) is 0 Å². The predicted octanol–water partition coefficient (Wildman–Crippen LogP) is 0.840. The van der Waals surface area contributed by atoms with Crippen molar-refractivity contribution >= 4 is 6.29 Å². The largest absolute Gasteiger partial charge is 0.374 e. The molecule has 78 valence electrons. The second kappa shape index (κ2) is 3.43. The highest BCUT2D eigenvalue weighted by Crippen LogP contribution is 2.35. The molecule has 1 heterocycles. The van der Waals surface area contributed by atoms with Gasteiger partial charge < -0.3 is 9.53 Å². The van der Waals surface area contributed by atoms with Gasteiger partial charge in [-0.1, -0.05) is 24.3 Å². The number of aldehydes is 1. The van der Waals surface area contributed by atoms with Gasteiger partial charge in [0.25, 0.3) is 0 Å². The Morgan fingerprint density at radius 3 is 3.13 bits per heavy atom. The van der Waals surface area contributed by atoms with Gasteiger partial charge in [0.15, 0.2) is 0 Å². The predicted molar refractivity (Wildman–Crippen MR) is 55.6 cm³/mol. The molecule has 3 rings (SSSR count). The van der Waals surface area contributed by atoms with E-state index >= 15 is 0 Å². The first-order chi connectivity index (χ1) is 7.38. The van der Waals surface area contributed by atoms with Crippen LogP contribution < -0.4 is 5.32 Å². The average Bonchev–Trinajstić information content (AvgIpc) is 2.66. The highest BCUT2D eigenvalue weighted by Gasteiger charge is 2.37. The third-order valence-electron chi connectivity index (χ3n) is 3.23. The standard InChI is InChI=1S/C12H13NO2/c14-6-9-7-15-11-5-8-3-1-2-4-10(8)12(11)13-9/h1-4,6,9,11-13H,5,7H2/t9?,11-,12+/m0/s1. The smallest absolute Gasteiger partial charge is 0.139 e. The molecule has 3 atom stereocenters. The summed E-state index contributed by atoms with van der Waals surface area (Å²) in [4.78, 5) is 10.7. The van der Waals surface area contributed by atoms with Crippen molar-refractivity contribution in [3.63, 3.8) is 0 Å². The van der Waals surface area contributed by atoms with Crippen LogP contribution in [-0.4, -0.2) is 25.0 Å². The van der Waals surface area contributed by atoms with Crippen molar-refractivity contribution in [2.75, 3.05) is 6.61 Å². The zero-order valence-corrected chi connectivity index (χ0v) is 8.35. The molecule has 0 radical (unpaired) electrons. The highest BCUT2D eigenvalue weighted by molar-refractivity contribution is 5.58. The lowest BCUT2D eigenvalue weighted by Crippen LogP contribution is -2.47. The molecule has 15 heavy (non-hydrogen) atoms. The van der Waals surface area contributed by atoms with Crippen LogP contribution in [0.2, 0.25) is 0 Å². The zero-order chi connectivity index (χ0) is 10.3. The van der Waals surface area contributed by atoms with Crippen LogP contribution >= 0.6 is 0 Å². The van der Waals surface area contributed by atoms with Crippen LogP contribution in [0.15, 0.2) is 24.3 Å². The molecule has 3 nitrogen and oxygen atoms in total. The van der Waals surface area contributed by atoms with Gasteiger partial charge in [0.1, 0.15) is 6.29 Å². The van der Waals surface area contributed by atoms with Crippen LogP contribution in [-0.2, 0) is 16.0 Å². The summed E-state index contributed by atoms with van der Waals surface area (Å²) in [5.41, 5.74) is 2.63. The summed E-state index contributed by atoms with van der Waals surface area (Å²) in [5.74, 6) is 0. The van der Waals surface area contributed by atoms with Crippen molar-refractivity contribution in [3.05, 3.63) is 35.4 Å². The maximum atomic E-state index is 10.7. The summed E-state index contributed by atoms with van der Waals surface area (Å²) in [6.45, 7) is 0.499. The number of fused-ring (bicyclic) bond motifs is 3. The molecule has 1 aliphatic heterocycles. The third kappa shape index (κ3) is 1.39. The minimum Gasteiger partial charge on any atom is -0.374 e. The summed E-state index contributed by atoms with van der Waals surface area (Å²) in [5, 5.41) is 3.33. The monoisotopic (exact) mass is 203 g/mol. The van der Waals surface area contributed by atoms with E-state index in [1.807, 2.05) is 12.1 Å². The minimum atomic E-state index is -0.155. The fourth-order valence-corrected chi connectivity index (χ4v) is 2.50. The molecule has 0 spiro atoms. The molecular formula is C12H13NO2. The summed E-state index contributed by atoms with van der Waals surface area (Å²) in [6, 6.07) is 8.38. The molecule has 1 unspecified atom stereocenters. The van der Waals surface area contributed by atoms with Gasteiger partial charge in [-0.3, -0.25) is 5.32 Å². The van der Waals surface area contributed by atoms with Crippen molar-refractivity contribution in [2.45, 2.75) is 24.6 Å². The van der Waals surface area contributed by atoms with Crippen molar-refractivity contribution in [2.24, 2.45) is 0 Å². The van der Waals surface area contributed by atoms with Gasteiger partial charge in [0.05, 0.1) is 24.8 Å². The van der Waals surface area contributed by atoms with Crippen LogP contribution in [0.3, 0.4) is 0 Å². The number of morpholine rings is 1. The van der Waals surface area contributed by atoms with Gasteiger partial charge >= 0.3 is 0 Å². The Kier molecular flexibility index (Phi) is 2.08. The number of benzene rings is 1. The maximum absolute atomic E-state index is 10.7. The topological polar surface area (TPSA) is 38.3 Å². The molecular weight excluding hydrogens is 190 g/mol. The number of rotatable bonds is 1. The molecule has 0 saturated carbocycles. The van der Waals surface area contributed by atoms with Gasteiger partial charge in [0.2, 0.25) is 0 Å². The first kappa shape index (κ1) is 9.07. The lowest BCUT2D eigenvalue weighted by Gasteiger charge is -2.31. The molecule has 1 saturated heterocycles. The van der Waals surface area contributed by atoms with Gasteiger partial charge in [-0.05, 0) is 11.1 Å². The lowest BCUT2D eigenvalue weighted by molar-refractivity contribution is -0.115. The Bertz CT molecular complexity index is 391. The van der Waals surface area contributed by atoms with E-state index in [-0.39, 0.29) is 18.2 Å². The second-order valence-electron chi connectivity index (χ2n) is 4.16. The van der Waals surface area contributed by atoms with Crippen LogP contribution in [0.5, 0.6) is 0 Å². The normalized spacial score (nSPS) is 33.2. The summed E-state index contributed by atoms with van der Waals surface area (Å²) in [7, 11) is 0. The van der Waals surface area contributed by atoms with Crippen LogP contribution in [0.1, 0.15) is 17.2 Å².